The van der Waals surface area contributed by atoms with Gasteiger partial charge in [0.2, 0.25) is 6.29 Å². The number of rotatable bonds is 11. The molecule has 5 atom stereocenters. The Labute approximate surface area is 334 Å². The van der Waals surface area contributed by atoms with Crippen molar-refractivity contribution in [3.05, 3.63) is 107 Å². The highest BCUT2D eigenvalue weighted by atomic mass is 16.8. The Morgan fingerprint density at radius 2 is 1.52 bits per heavy atom. The zero-order chi connectivity index (χ0) is 40.5. The van der Waals surface area contributed by atoms with Crippen molar-refractivity contribution in [1.29, 1.82) is 0 Å². The fourth-order valence-corrected chi connectivity index (χ4v) is 7.78. The Bertz CT molecular complexity index is 2490. The van der Waals surface area contributed by atoms with E-state index in [0.717, 1.165) is 68.8 Å². The van der Waals surface area contributed by atoms with Gasteiger partial charge in [0, 0.05) is 32.5 Å². The number of esters is 1. The van der Waals surface area contributed by atoms with Gasteiger partial charge in [-0.1, -0.05) is 61.5 Å². The standard InChI is InChI=1S/C44H44N4O10/c1-6-11-37-46-38-25(2)20-29(41-45-32-14-9-10-15-33(32)47(41)4)21-34(38)48(37)22-27-16-18-28(19-17-27)30-12-7-8-13-31(30)42(49)55-26(3)56-44(51)58-36-24-54-39-35(23-53-40(36)39)57-43(50)52-5/h7-10,12-21,26,35-36,39-40H,6,11,22-24H2,1-5H3/t26?,35-,36-,39-,40-/m1/s1. The van der Waals surface area contributed by atoms with Crippen molar-refractivity contribution in [3.8, 4) is 22.5 Å². The second-order valence-electron chi connectivity index (χ2n) is 14.5. The monoisotopic (exact) mass is 788 g/mol. The van der Waals surface area contributed by atoms with Gasteiger partial charge in [-0.15, -0.1) is 0 Å². The molecule has 8 rings (SSSR count). The van der Waals surface area contributed by atoms with Crippen LogP contribution in [0, 0.1) is 6.92 Å². The lowest BCUT2D eigenvalue weighted by atomic mass is 9.98. The number of hydrogen-bond donors (Lipinski definition) is 0. The summed E-state index contributed by atoms with van der Waals surface area (Å²) in [4.78, 5) is 47.7. The van der Waals surface area contributed by atoms with Crippen LogP contribution in [0.5, 0.6) is 0 Å². The third-order valence-electron chi connectivity index (χ3n) is 10.6. The molecule has 2 aliphatic heterocycles. The summed E-state index contributed by atoms with van der Waals surface area (Å²) in [6.07, 6.45) is -4.21. The number of aromatic nitrogens is 4. The summed E-state index contributed by atoms with van der Waals surface area (Å²) in [7, 11) is 3.25. The van der Waals surface area contributed by atoms with Crippen LogP contribution in [0.1, 0.15) is 47.6 Å². The molecule has 0 amide bonds. The lowest BCUT2D eigenvalue weighted by Gasteiger charge is -2.19. The quantitative estimate of drug-likeness (QED) is 0.0725. The van der Waals surface area contributed by atoms with Gasteiger partial charge >= 0.3 is 18.3 Å². The van der Waals surface area contributed by atoms with E-state index in [1.54, 1.807) is 12.1 Å². The number of fused-ring (bicyclic) bond motifs is 3. The Kier molecular flexibility index (Phi) is 10.9. The highest BCUT2D eigenvalue weighted by Gasteiger charge is 2.51. The number of hydrogen-bond acceptors (Lipinski definition) is 12. The van der Waals surface area contributed by atoms with Crippen LogP contribution in [0.15, 0.2) is 84.9 Å². The van der Waals surface area contributed by atoms with Crippen molar-refractivity contribution >= 4 is 40.3 Å². The van der Waals surface area contributed by atoms with Crippen molar-refractivity contribution < 1.29 is 47.5 Å². The second kappa shape index (κ2) is 16.3. The van der Waals surface area contributed by atoms with Crippen molar-refractivity contribution in [1.82, 2.24) is 19.1 Å². The molecule has 2 fully saturated rings. The van der Waals surface area contributed by atoms with E-state index in [2.05, 4.69) is 58.1 Å². The number of aryl methyl sites for hydroxylation is 3. The lowest BCUT2D eigenvalue weighted by molar-refractivity contribution is -0.0988. The van der Waals surface area contributed by atoms with Crippen LogP contribution in [-0.4, -0.2) is 88.4 Å². The molecule has 0 saturated carbocycles. The van der Waals surface area contributed by atoms with Crippen LogP contribution in [0.25, 0.3) is 44.6 Å². The molecule has 2 aromatic heterocycles. The Hall–Kier alpha value is -6.25. The first-order valence-corrected chi connectivity index (χ1v) is 19.3. The fourth-order valence-electron chi connectivity index (χ4n) is 7.78. The average molecular weight is 789 g/mol. The Balaban J connectivity index is 0.949. The predicted octanol–water partition coefficient (Wildman–Crippen LogP) is 7.54. The first-order valence-electron chi connectivity index (χ1n) is 19.3. The summed E-state index contributed by atoms with van der Waals surface area (Å²) in [5.41, 5.74) is 9.03. The molecule has 14 nitrogen and oxygen atoms in total. The molecule has 6 aromatic rings. The third-order valence-corrected chi connectivity index (χ3v) is 10.6. The molecule has 0 aliphatic carbocycles. The summed E-state index contributed by atoms with van der Waals surface area (Å²) >= 11 is 0. The summed E-state index contributed by atoms with van der Waals surface area (Å²) in [5.74, 6) is 1.25. The van der Waals surface area contributed by atoms with Gasteiger partial charge in [0.25, 0.3) is 0 Å². The molecule has 58 heavy (non-hydrogen) atoms. The van der Waals surface area contributed by atoms with E-state index in [1.807, 2.05) is 49.5 Å². The number of nitrogens with zero attached hydrogens (tertiary/aromatic N) is 4. The SMILES string of the molecule is CCCc1nc2c(C)cc(-c3nc4ccccc4n3C)cc2n1Cc1ccc(-c2ccccc2C(=O)OC(C)OC(=O)O[C@@H]2CO[C@H]3[C@@H]2OC[C@H]3OC(=O)OC)cc1. The maximum absolute atomic E-state index is 13.4. The van der Waals surface area contributed by atoms with Crippen LogP contribution in [-0.2, 0) is 53.2 Å². The molecule has 0 spiro atoms. The molecule has 2 aliphatic rings. The average Bonchev–Trinajstić information content (AvgIpc) is 3.99. The smallest absolute Gasteiger partial charge is 0.438 e. The minimum absolute atomic E-state index is 0.00876. The zero-order valence-corrected chi connectivity index (χ0v) is 32.9. The molecule has 0 bridgehead atoms. The Morgan fingerprint density at radius 3 is 2.22 bits per heavy atom. The van der Waals surface area contributed by atoms with Gasteiger partial charge in [-0.2, -0.15) is 0 Å². The van der Waals surface area contributed by atoms with E-state index >= 15 is 0 Å². The van der Waals surface area contributed by atoms with E-state index in [1.165, 1.54) is 14.0 Å². The highest BCUT2D eigenvalue weighted by molar-refractivity contribution is 5.97. The molecule has 1 unspecified atom stereocenters. The van der Waals surface area contributed by atoms with Crippen molar-refractivity contribution in [2.75, 3.05) is 20.3 Å². The molecule has 2 saturated heterocycles. The normalized spacial score (nSPS) is 19.2. The Morgan fingerprint density at radius 1 is 0.828 bits per heavy atom. The number of para-hydroxylation sites is 2. The van der Waals surface area contributed by atoms with E-state index in [-0.39, 0.29) is 13.2 Å². The molecular formula is C44H44N4O10. The minimum atomic E-state index is -1.27. The van der Waals surface area contributed by atoms with Crippen LogP contribution >= 0.6 is 0 Å². The highest BCUT2D eigenvalue weighted by Crippen LogP contribution is 2.33. The minimum Gasteiger partial charge on any atom is -0.438 e. The van der Waals surface area contributed by atoms with Crippen LogP contribution in [0.4, 0.5) is 9.59 Å². The number of benzene rings is 4. The number of methoxy groups -OCH3 is 1. The first-order chi connectivity index (χ1) is 28.1. The molecule has 0 N–H and O–H groups in total. The van der Waals surface area contributed by atoms with Crippen molar-refractivity contribution in [2.45, 2.75) is 70.9 Å². The van der Waals surface area contributed by atoms with Crippen molar-refractivity contribution in [2.24, 2.45) is 7.05 Å². The van der Waals surface area contributed by atoms with Gasteiger partial charge in [-0.05, 0) is 65.9 Å². The molecule has 4 aromatic carbocycles. The predicted molar refractivity (Wildman–Crippen MR) is 212 cm³/mol. The van der Waals surface area contributed by atoms with Crippen LogP contribution < -0.4 is 0 Å². The maximum atomic E-state index is 13.4. The van der Waals surface area contributed by atoms with E-state index in [4.69, 9.17) is 38.4 Å². The van der Waals surface area contributed by atoms with Gasteiger partial charge in [0.15, 0.2) is 12.2 Å². The van der Waals surface area contributed by atoms with Gasteiger partial charge < -0.3 is 42.3 Å². The fraction of sp³-hybridized carbons (Fsp3) is 0.341. The largest absolute Gasteiger partial charge is 0.511 e. The van der Waals surface area contributed by atoms with E-state index in [9.17, 15) is 14.4 Å². The van der Waals surface area contributed by atoms with E-state index < -0.39 is 49.0 Å². The number of carbonyl (C=O) groups excluding carboxylic acids is 3. The second-order valence-corrected chi connectivity index (χ2v) is 14.5. The molecule has 14 heteroatoms. The molecule has 4 heterocycles. The lowest BCUT2D eigenvalue weighted by Crippen LogP contribution is -2.36. The number of imidazole rings is 2. The number of carbonyl (C=O) groups is 3. The van der Waals surface area contributed by atoms with Gasteiger partial charge in [-0.25, -0.2) is 24.4 Å². The van der Waals surface area contributed by atoms with Gasteiger partial charge in [-0.3, -0.25) is 0 Å². The molecular weight excluding hydrogens is 745 g/mol. The number of ether oxygens (including phenoxy) is 7. The summed E-state index contributed by atoms with van der Waals surface area (Å²) in [6.45, 7) is 6.35. The summed E-state index contributed by atoms with van der Waals surface area (Å²) in [5, 5.41) is 0. The third kappa shape index (κ3) is 7.60. The van der Waals surface area contributed by atoms with Crippen LogP contribution in [0.2, 0.25) is 0 Å². The van der Waals surface area contributed by atoms with Crippen molar-refractivity contribution in [3.63, 3.8) is 0 Å². The van der Waals surface area contributed by atoms with E-state index in [0.29, 0.717) is 17.7 Å². The topological polar surface area (TPSA) is 151 Å². The first kappa shape index (κ1) is 38.6. The molecule has 300 valence electrons. The van der Waals surface area contributed by atoms with Gasteiger partial charge in [0.05, 0.1) is 48.0 Å². The summed E-state index contributed by atoms with van der Waals surface area (Å²) < 4.78 is 41.6. The maximum Gasteiger partial charge on any atom is 0.511 e. The zero-order valence-electron chi connectivity index (χ0n) is 32.9. The summed E-state index contributed by atoms with van der Waals surface area (Å²) in [6, 6.07) is 27.7. The van der Waals surface area contributed by atoms with Crippen LogP contribution in [0.3, 0.4) is 0 Å². The molecule has 0 radical (unpaired) electrons. The van der Waals surface area contributed by atoms with Gasteiger partial charge in [0.1, 0.15) is 23.9 Å².